The largest absolute Gasteiger partial charge is 0.372 e. The van der Waals surface area contributed by atoms with Gasteiger partial charge < -0.3 is 4.74 Å². The van der Waals surface area contributed by atoms with Crippen LogP contribution in [0.4, 0.5) is 0 Å². The predicted octanol–water partition coefficient (Wildman–Crippen LogP) is 1.01. The van der Waals surface area contributed by atoms with E-state index in [9.17, 15) is 0 Å². The third-order valence-corrected chi connectivity index (χ3v) is 3.75. The Morgan fingerprint density at radius 1 is 1.00 bits per heavy atom. The highest BCUT2D eigenvalue weighted by Crippen LogP contribution is 2.42. The van der Waals surface area contributed by atoms with E-state index in [-0.39, 0.29) is 0 Å². The van der Waals surface area contributed by atoms with Crippen LogP contribution < -0.4 is 0 Å². The Morgan fingerprint density at radius 2 is 1.55 bits per heavy atom. The van der Waals surface area contributed by atoms with Crippen molar-refractivity contribution in [2.75, 3.05) is 7.05 Å². The molecule has 5 rings (SSSR count). The SMILES string of the molecule is CN1C2CCC3OC2CCC31. The summed E-state index contributed by atoms with van der Waals surface area (Å²) in [5, 5.41) is 0. The van der Waals surface area contributed by atoms with Gasteiger partial charge >= 0.3 is 0 Å². The molecule has 0 aromatic carbocycles. The molecule has 5 aliphatic heterocycles. The second-order valence-electron chi connectivity index (χ2n) is 4.17. The number of rotatable bonds is 0. The van der Waals surface area contributed by atoms with Crippen molar-refractivity contribution in [3.63, 3.8) is 0 Å². The van der Waals surface area contributed by atoms with Crippen molar-refractivity contribution >= 4 is 0 Å². The fraction of sp³-hybridized carbons (Fsp3) is 1.00. The molecule has 5 fully saturated rings. The minimum Gasteiger partial charge on any atom is -0.372 e. The zero-order valence-corrected chi connectivity index (χ0v) is 6.99. The topological polar surface area (TPSA) is 12.5 Å². The summed E-state index contributed by atoms with van der Waals surface area (Å²) in [4.78, 5) is 2.56. The van der Waals surface area contributed by atoms with E-state index in [4.69, 9.17) is 4.74 Å². The molecule has 0 aliphatic carbocycles. The van der Waals surface area contributed by atoms with Crippen LogP contribution in [0.3, 0.4) is 0 Å². The smallest absolute Gasteiger partial charge is 0.0735 e. The molecule has 5 saturated heterocycles. The number of nitrogens with zero attached hydrogens (tertiary/aromatic N) is 1. The molecule has 0 aromatic rings. The Balaban J connectivity index is 1.97. The van der Waals surface area contributed by atoms with Crippen LogP contribution in [0, 0.1) is 0 Å². The molecule has 5 aliphatic rings. The van der Waals surface area contributed by atoms with Gasteiger partial charge in [0, 0.05) is 12.1 Å². The van der Waals surface area contributed by atoms with Crippen LogP contribution in [0.25, 0.3) is 0 Å². The number of hydrogen-bond acceptors (Lipinski definition) is 2. The summed E-state index contributed by atoms with van der Waals surface area (Å²) in [6.07, 6.45) is 6.56. The maximum Gasteiger partial charge on any atom is 0.0735 e. The minimum absolute atomic E-state index is 0.587. The summed E-state index contributed by atoms with van der Waals surface area (Å²) in [6.45, 7) is 0. The van der Waals surface area contributed by atoms with Gasteiger partial charge in [-0.05, 0) is 32.7 Å². The van der Waals surface area contributed by atoms with Gasteiger partial charge in [0.25, 0.3) is 0 Å². The molecular weight excluding hydrogens is 138 g/mol. The van der Waals surface area contributed by atoms with Crippen molar-refractivity contribution in [1.29, 1.82) is 0 Å². The van der Waals surface area contributed by atoms with Gasteiger partial charge in [0.15, 0.2) is 0 Å². The van der Waals surface area contributed by atoms with Crippen molar-refractivity contribution < 1.29 is 4.74 Å². The molecule has 5 heterocycles. The molecule has 4 unspecified atom stereocenters. The first-order valence-corrected chi connectivity index (χ1v) is 4.73. The van der Waals surface area contributed by atoms with E-state index in [2.05, 4.69) is 11.9 Å². The summed E-state index contributed by atoms with van der Waals surface area (Å²) in [5.41, 5.74) is 0. The Kier molecular flexibility index (Phi) is 1.16. The van der Waals surface area contributed by atoms with Crippen LogP contribution in [-0.2, 0) is 4.74 Å². The number of ether oxygens (including phenoxy) is 1. The Morgan fingerprint density at radius 3 is 1.91 bits per heavy atom. The van der Waals surface area contributed by atoms with Gasteiger partial charge in [-0.15, -0.1) is 0 Å². The zero-order chi connectivity index (χ0) is 7.42. The molecule has 0 radical (unpaired) electrons. The van der Waals surface area contributed by atoms with E-state index in [1.54, 1.807) is 0 Å². The van der Waals surface area contributed by atoms with Gasteiger partial charge in [0.05, 0.1) is 12.2 Å². The number of piperidine rings is 2. The Labute approximate surface area is 67.5 Å². The second kappa shape index (κ2) is 1.99. The van der Waals surface area contributed by atoms with E-state index in [0.29, 0.717) is 12.2 Å². The van der Waals surface area contributed by atoms with Crippen LogP contribution in [0.15, 0.2) is 0 Å². The summed E-state index contributed by atoms with van der Waals surface area (Å²) >= 11 is 0. The molecule has 0 amide bonds. The van der Waals surface area contributed by atoms with E-state index in [0.717, 1.165) is 12.1 Å². The summed E-state index contributed by atoms with van der Waals surface area (Å²) in [6, 6.07) is 1.53. The average molecular weight is 153 g/mol. The maximum absolute atomic E-state index is 5.91. The van der Waals surface area contributed by atoms with Crippen molar-refractivity contribution in [3.8, 4) is 0 Å². The van der Waals surface area contributed by atoms with E-state index in [1.807, 2.05) is 0 Å². The minimum atomic E-state index is 0.587. The van der Waals surface area contributed by atoms with E-state index in [1.165, 1.54) is 25.7 Å². The van der Waals surface area contributed by atoms with Gasteiger partial charge in [-0.1, -0.05) is 0 Å². The molecule has 2 nitrogen and oxygen atoms in total. The van der Waals surface area contributed by atoms with Gasteiger partial charge in [0.2, 0.25) is 0 Å². The summed E-state index contributed by atoms with van der Waals surface area (Å²) in [5.74, 6) is 0. The highest BCUT2D eigenvalue weighted by molar-refractivity contribution is 5.02. The van der Waals surface area contributed by atoms with Gasteiger partial charge in [-0.3, -0.25) is 4.90 Å². The standard InChI is InChI=1S/C9H15NO/c1-10-6-2-4-8-7(10)3-5-9(6)11-8/h6-9H,2-5H2,1H3. The summed E-state index contributed by atoms with van der Waals surface area (Å²) in [7, 11) is 2.27. The van der Waals surface area contributed by atoms with Crippen LogP contribution in [0.5, 0.6) is 0 Å². The van der Waals surface area contributed by atoms with Gasteiger partial charge in [0.1, 0.15) is 0 Å². The van der Waals surface area contributed by atoms with Crippen LogP contribution in [-0.4, -0.2) is 36.2 Å². The first-order chi connectivity index (χ1) is 5.36. The van der Waals surface area contributed by atoms with Crippen molar-refractivity contribution in [2.24, 2.45) is 0 Å². The molecule has 2 heteroatoms. The molecule has 4 atom stereocenters. The molecule has 0 aromatic heterocycles. The fourth-order valence-corrected chi connectivity index (χ4v) is 3.15. The monoisotopic (exact) mass is 153 g/mol. The normalized spacial score (nSPS) is 55.4. The Hall–Kier alpha value is -0.0800. The molecular formula is C9H15NO. The van der Waals surface area contributed by atoms with E-state index >= 15 is 0 Å². The molecule has 11 heavy (non-hydrogen) atoms. The first-order valence-electron chi connectivity index (χ1n) is 4.73. The lowest BCUT2D eigenvalue weighted by Crippen LogP contribution is -2.66. The van der Waals surface area contributed by atoms with Gasteiger partial charge in [-0.2, -0.15) is 0 Å². The second-order valence-corrected chi connectivity index (χ2v) is 4.17. The third-order valence-electron chi connectivity index (χ3n) is 3.75. The van der Waals surface area contributed by atoms with Gasteiger partial charge in [-0.25, -0.2) is 0 Å². The number of morpholine rings is 1. The number of hydrogen-bond donors (Lipinski definition) is 0. The lowest BCUT2D eigenvalue weighted by atomic mass is 9.78. The quantitative estimate of drug-likeness (QED) is 0.515. The van der Waals surface area contributed by atoms with Crippen LogP contribution >= 0.6 is 0 Å². The molecule has 4 bridgehead atoms. The van der Waals surface area contributed by atoms with Crippen LogP contribution in [0.2, 0.25) is 0 Å². The molecule has 0 N–H and O–H groups in total. The Bertz CT molecular complexity index is 160. The van der Waals surface area contributed by atoms with Crippen LogP contribution in [0.1, 0.15) is 25.7 Å². The summed E-state index contributed by atoms with van der Waals surface area (Å²) < 4.78 is 5.91. The molecule has 0 spiro atoms. The first kappa shape index (κ1) is 6.44. The number of fused-ring (bicyclic) bond motifs is 2. The average Bonchev–Trinajstić information content (AvgIpc) is 2.04. The maximum atomic E-state index is 5.91. The lowest BCUT2D eigenvalue weighted by Gasteiger charge is -2.58. The van der Waals surface area contributed by atoms with Crippen molar-refractivity contribution in [3.05, 3.63) is 0 Å². The molecule has 0 saturated carbocycles. The van der Waals surface area contributed by atoms with Crippen molar-refractivity contribution in [2.45, 2.75) is 50.0 Å². The third kappa shape index (κ3) is 0.695. The lowest BCUT2D eigenvalue weighted by molar-refractivity contribution is -0.215. The highest BCUT2D eigenvalue weighted by Gasteiger charge is 2.49. The van der Waals surface area contributed by atoms with E-state index < -0.39 is 0 Å². The fourth-order valence-electron chi connectivity index (χ4n) is 3.15. The number of likely N-dealkylation sites (N-methyl/N-ethyl adjacent to an activating group) is 1. The zero-order valence-electron chi connectivity index (χ0n) is 6.99. The highest BCUT2D eigenvalue weighted by atomic mass is 16.5. The molecule has 62 valence electrons. The predicted molar refractivity (Wildman–Crippen MR) is 42.5 cm³/mol. The van der Waals surface area contributed by atoms with Crippen molar-refractivity contribution in [1.82, 2.24) is 4.90 Å².